The van der Waals surface area contributed by atoms with E-state index in [9.17, 15) is 14.9 Å². The number of ether oxygens (including phenoxy) is 2. The van der Waals surface area contributed by atoms with Gasteiger partial charge < -0.3 is 14.3 Å². The summed E-state index contributed by atoms with van der Waals surface area (Å²) in [6.45, 7) is 9.44. The van der Waals surface area contributed by atoms with E-state index in [1.54, 1.807) is 6.92 Å². The number of hydrogen-bond donors (Lipinski definition) is 0. The van der Waals surface area contributed by atoms with Gasteiger partial charge in [-0.15, -0.1) is 10.1 Å². The molecule has 0 aromatic carbocycles. The zero-order valence-electron chi connectivity index (χ0n) is 12.9. The van der Waals surface area contributed by atoms with Gasteiger partial charge in [-0.3, -0.25) is 0 Å². The highest BCUT2D eigenvalue weighted by Gasteiger charge is 2.27. The van der Waals surface area contributed by atoms with Gasteiger partial charge in [0, 0.05) is 0 Å². The molecule has 0 aliphatic carbocycles. The van der Waals surface area contributed by atoms with Crippen LogP contribution in [0.15, 0.2) is 0 Å². The Bertz CT molecular complexity index is 316. The molecular weight excluding hydrogens is 266 g/mol. The number of rotatable bonds is 9. The second-order valence-electron chi connectivity index (χ2n) is 5.59. The fourth-order valence-corrected chi connectivity index (χ4v) is 1.25. The summed E-state index contributed by atoms with van der Waals surface area (Å²) in [6, 6.07) is 0. The molecule has 0 amide bonds. The SMILES string of the molecule is CC(C)C(C)(C)OC(=O)OCCCC[C@@H](C)O[N+](=O)[O-]. The van der Waals surface area contributed by atoms with Crippen molar-refractivity contribution in [2.75, 3.05) is 6.61 Å². The van der Waals surface area contributed by atoms with Crippen molar-refractivity contribution < 1.29 is 24.2 Å². The van der Waals surface area contributed by atoms with Crippen molar-refractivity contribution in [3.63, 3.8) is 0 Å². The Balaban J connectivity index is 3.70. The molecule has 0 spiro atoms. The third-order valence-corrected chi connectivity index (χ3v) is 3.23. The molecule has 0 fully saturated rings. The standard InChI is InChI=1S/C13H25NO6/c1-10(2)13(4,5)19-12(15)18-9-7-6-8-11(3)20-14(16)17/h10-11H,6-9H2,1-5H3/t11-/m1/s1. The molecule has 0 aliphatic rings. The van der Waals surface area contributed by atoms with Gasteiger partial charge in [0.1, 0.15) is 11.7 Å². The summed E-state index contributed by atoms with van der Waals surface area (Å²) in [7, 11) is 0. The molecule has 7 heteroatoms. The second kappa shape index (κ2) is 8.60. The van der Waals surface area contributed by atoms with Crippen molar-refractivity contribution in [2.45, 2.75) is 65.6 Å². The number of nitrogens with zero attached hydrogens (tertiary/aromatic N) is 1. The fourth-order valence-electron chi connectivity index (χ4n) is 1.25. The highest BCUT2D eigenvalue weighted by atomic mass is 17.0. The lowest BCUT2D eigenvalue weighted by Gasteiger charge is -2.28. The van der Waals surface area contributed by atoms with E-state index in [2.05, 4.69) is 4.84 Å². The molecule has 0 saturated heterocycles. The Morgan fingerprint density at radius 3 is 2.35 bits per heavy atom. The van der Waals surface area contributed by atoms with E-state index in [4.69, 9.17) is 9.47 Å². The van der Waals surface area contributed by atoms with E-state index >= 15 is 0 Å². The van der Waals surface area contributed by atoms with Crippen LogP contribution in [-0.4, -0.2) is 29.6 Å². The van der Waals surface area contributed by atoms with Crippen LogP contribution in [0.3, 0.4) is 0 Å². The molecule has 1 atom stereocenters. The van der Waals surface area contributed by atoms with Gasteiger partial charge in [-0.05, 0) is 46.0 Å². The molecule has 0 aromatic rings. The molecular formula is C13H25NO6. The van der Waals surface area contributed by atoms with Crippen molar-refractivity contribution in [1.82, 2.24) is 0 Å². The molecule has 0 radical (unpaired) electrons. The van der Waals surface area contributed by atoms with Gasteiger partial charge >= 0.3 is 6.16 Å². The Morgan fingerprint density at radius 1 is 1.25 bits per heavy atom. The predicted octanol–water partition coefficient (Wildman–Crippen LogP) is 3.34. The highest BCUT2D eigenvalue weighted by Crippen LogP contribution is 2.20. The molecule has 0 saturated carbocycles. The van der Waals surface area contributed by atoms with E-state index in [1.807, 2.05) is 27.7 Å². The number of carbonyl (C=O) groups excluding carboxylic acids is 1. The zero-order valence-corrected chi connectivity index (χ0v) is 12.9. The minimum Gasteiger partial charge on any atom is -0.434 e. The van der Waals surface area contributed by atoms with Crippen LogP contribution in [0.5, 0.6) is 0 Å². The van der Waals surface area contributed by atoms with Crippen LogP contribution in [0.1, 0.15) is 53.9 Å². The Hall–Kier alpha value is -1.53. The van der Waals surface area contributed by atoms with Crippen LogP contribution >= 0.6 is 0 Å². The van der Waals surface area contributed by atoms with Crippen LogP contribution < -0.4 is 0 Å². The molecule has 0 bridgehead atoms. The smallest absolute Gasteiger partial charge is 0.434 e. The number of hydrogen-bond acceptors (Lipinski definition) is 6. The van der Waals surface area contributed by atoms with Crippen LogP contribution in [0.25, 0.3) is 0 Å². The largest absolute Gasteiger partial charge is 0.508 e. The lowest BCUT2D eigenvalue weighted by atomic mass is 9.95. The predicted molar refractivity (Wildman–Crippen MR) is 72.7 cm³/mol. The second-order valence-corrected chi connectivity index (χ2v) is 5.59. The molecule has 20 heavy (non-hydrogen) atoms. The monoisotopic (exact) mass is 291 g/mol. The maximum atomic E-state index is 11.4. The van der Waals surface area contributed by atoms with Gasteiger partial charge in [0.25, 0.3) is 5.09 Å². The average Bonchev–Trinajstić information content (AvgIpc) is 2.26. The minimum atomic E-state index is -0.799. The summed E-state index contributed by atoms with van der Waals surface area (Å²) < 4.78 is 10.2. The Labute approximate surface area is 119 Å². The van der Waals surface area contributed by atoms with Crippen molar-refractivity contribution >= 4 is 6.16 Å². The van der Waals surface area contributed by atoms with E-state index in [0.717, 1.165) is 0 Å². The first-order chi connectivity index (χ1) is 9.15. The van der Waals surface area contributed by atoms with Gasteiger partial charge in [-0.1, -0.05) is 13.8 Å². The summed E-state index contributed by atoms with van der Waals surface area (Å²) in [4.78, 5) is 25.9. The van der Waals surface area contributed by atoms with Gasteiger partial charge in [-0.25, -0.2) is 4.79 Å². The molecule has 0 heterocycles. The fraction of sp³-hybridized carbons (Fsp3) is 0.923. The first kappa shape index (κ1) is 18.5. The molecule has 0 aliphatic heterocycles. The molecule has 7 nitrogen and oxygen atoms in total. The zero-order chi connectivity index (χ0) is 15.8. The maximum absolute atomic E-state index is 11.4. The lowest BCUT2D eigenvalue weighted by Crippen LogP contribution is -2.34. The van der Waals surface area contributed by atoms with Gasteiger partial charge in [-0.2, -0.15) is 0 Å². The first-order valence-electron chi connectivity index (χ1n) is 6.82. The average molecular weight is 291 g/mol. The van der Waals surface area contributed by atoms with Gasteiger partial charge in [0.15, 0.2) is 0 Å². The van der Waals surface area contributed by atoms with E-state index in [-0.39, 0.29) is 12.5 Å². The Kier molecular flexibility index (Phi) is 7.94. The lowest BCUT2D eigenvalue weighted by molar-refractivity contribution is -0.767. The Morgan fingerprint density at radius 2 is 1.85 bits per heavy atom. The van der Waals surface area contributed by atoms with Gasteiger partial charge in [0.05, 0.1) is 6.61 Å². The number of carbonyl (C=O) groups is 1. The first-order valence-corrected chi connectivity index (χ1v) is 6.82. The molecule has 0 rings (SSSR count). The summed E-state index contributed by atoms with van der Waals surface area (Å²) in [5, 5.41) is 9.27. The summed E-state index contributed by atoms with van der Waals surface area (Å²) >= 11 is 0. The van der Waals surface area contributed by atoms with Crippen molar-refractivity contribution in [3.05, 3.63) is 10.1 Å². The highest BCUT2D eigenvalue weighted by molar-refractivity contribution is 5.60. The summed E-state index contributed by atoms with van der Waals surface area (Å²) in [5.41, 5.74) is -0.564. The molecule has 0 unspecified atom stereocenters. The van der Waals surface area contributed by atoms with Crippen LogP contribution in [0.2, 0.25) is 0 Å². The van der Waals surface area contributed by atoms with Gasteiger partial charge in [0.2, 0.25) is 0 Å². The topological polar surface area (TPSA) is 87.9 Å². The van der Waals surface area contributed by atoms with Crippen molar-refractivity contribution in [1.29, 1.82) is 0 Å². The van der Waals surface area contributed by atoms with Crippen LogP contribution in [0.4, 0.5) is 4.79 Å². The summed E-state index contributed by atoms with van der Waals surface area (Å²) in [5.74, 6) is 0.190. The van der Waals surface area contributed by atoms with Crippen LogP contribution in [0, 0.1) is 16.0 Å². The van der Waals surface area contributed by atoms with E-state index in [0.29, 0.717) is 19.3 Å². The molecule has 118 valence electrons. The molecule has 0 aromatic heterocycles. The van der Waals surface area contributed by atoms with E-state index < -0.39 is 22.9 Å². The minimum absolute atomic E-state index is 0.190. The van der Waals surface area contributed by atoms with Crippen LogP contribution in [-0.2, 0) is 14.3 Å². The third kappa shape index (κ3) is 8.55. The summed E-state index contributed by atoms with van der Waals surface area (Å²) in [6.07, 6.45) is 0.699. The van der Waals surface area contributed by atoms with Crippen molar-refractivity contribution in [2.24, 2.45) is 5.92 Å². The number of unbranched alkanes of at least 4 members (excludes halogenated alkanes) is 1. The van der Waals surface area contributed by atoms with Crippen molar-refractivity contribution in [3.8, 4) is 0 Å². The maximum Gasteiger partial charge on any atom is 0.508 e. The third-order valence-electron chi connectivity index (χ3n) is 3.23. The molecule has 0 N–H and O–H groups in total. The van der Waals surface area contributed by atoms with E-state index in [1.165, 1.54) is 0 Å². The normalized spacial score (nSPS) is 12.9. The quantitative estimate of drug-likeness (QED) is 0.280.